The smallest absolute Gasteiger partial charge is 0.264 e. The maximum Gasteiger partial charge on any atom is 0.264 e. The van der Waals surface area contributed by atoms with E-state index in [2.05, 4.69) is 0 Å². The molecule has 1 aliphatic heterocycles. The SMILES string of the molecule is C[C@H]1O[C@](C)(O)[C@H](OCc2ccccc2)[C@H]1OS(C)(=O)=O. The Morgan fingerprint density at radius 2 is 1.95 bits per heavy atom. The quantitative estimate of drug-likeness (QED) is 0.818. The number of rotatable bonds is 5. The Bertz CT molecular complexity index is 568. The summed E-state index contributed by atoms with van der Waals surface area (Å²) in [4.78, 5) is 0. The summed E-state index contributed by atoms with van der Waals surface area (Å²) < 4.78 is 38.7. The Kier molecular flexibility index (Phi) is 4.69. The number of hydrogen-bond acceptors (Lipinski definition) is 6. The monoisotopic (exact) mass is 316 g/mol. The number of benzene rings is 1. The third-order valence-corrected chi connectivity index (χ3v) is 3.84. The lowest BCUT2D eigenvalue weighted by molar-refractivity contribution is -0.225. The molecule has 0 spiro atoms. The van der Waals surface area contributed by atoms with Crippen molar-refractivity contribution in [1.82, 2.24) is 0 Å². The first-order valence-corrected chi connectivity index (χ1v) is 8.45. The summed E-state index contributed by atoms with van der Waals surface area (Å²) in [6.07, 6.45) is -1.43. The highest BCUT2D eigenvalue weighted by molar-refractivity contribution is 7.86. The molecule has 0 saturated carbocycles. The van der Waals surface area contributed by atoms with Gasteiger partial charge in [0, 0.05) is 0 Å². The van der Waals surface area contributed by atoms with Gasteiger partial charge in [-0.05, 0) is 19.4 Å². The largest absolute Gasteiger partial charge is 0.365 e. The third-order valence-electron chi connectivity index (χ3n) is 3.27. The van der Waals surface area contributed by atoms with Crippen molar-refractivity contribution in [3.63, 3.8) is 0 Å². The van der Waals surface area contributed by atoms with Gasteiger partial charge >= 0.3 is 0 Å². The summed E-state index contributed by atoms with van der Waals surface area (Å²) >= 11 is 0. The Morgan fingerprint density at radius 3 is 2.52 bits per heavy atom. The van der Waals surface area contributed by atoms with Crippen LogP contribution in [0.3, 0.4) is 0 Å². The minimum absolute atomic E-state index is 0.224. The van der Waals surface area contributed by atoms with E-state index in [1.165, 1.54) is 6.92 Å². The highest BCUT2D eigenvalue weighted by Crippen LogP contribution is 2.34. The van der Waals surface area contributed by atoms with Gasteiger partial charge in [0.25, 0.3) is 10.1 Å². The summed E-state index contributed by atoms with van der Waals surface area (Å²) in [6, 6.07) is 9.38. The Labute approximate surface area is 124 Å². The zero-order chi connectivity index (χ0) is 15.7. The molecule has 0 aromatic heterocycles. The molecule has 0 unspecified atom stereocenters. The fourth-order valence-corrected chi connectivity index (χ4v) is 3.06. The molecule has 4 atom stereocenters. The van der Waals surface area contributed by atoms with Gasteiger partial charge in [-0.1, -0.05) is 30.3 Å². The molecule has 1 aromatic rings. The summed E-state index contributed by atoms with van der Waals surface area (Å²) in [5.41, 5.74) is 0.908. The van der Waals surface area contributed by atoms with E-state index in [9.17, 15) is 13.5 Å². The van der Waals surface area contributed by atoms with E-state index >= 15 is 0 Å². The van der Waals surface area contributed by atoms with Gasteiger partial charge in [0.2, 0.25) is 0 Å². The lowest BCUT2D eigenvalue weighted by Gasteiger charge is -2.26. The van der Waals surface area contributed by atoms with Gasteiger partial charge in [-0.25, -0.2) is 0 Å². The van der Waals surface area contributed by atoms with Gasteiger partial charge in [0.05, 0.1) is 19.0 Å². The van der Waals surface area contributed by atoms with Crippen LogP contribution < -0.4 is 0 Å². The van der Waals surface area contributed by atoms with Gasteiger partial charge in [-0.3, -0.25) is 4.18 Å². The van der Waals surface area contributed by atoms with Crippen LogP contribution in [0.25, 0.3) is 0 Å². The molecule has 1 heterocycles. The van der Waals surface area contributed by atoms with Crippen molar-refractivity contribution in [2.75, 3.05) is 6.26 Å². The minimum Gasteiger partial charge on any atom is -0.365 e. The molecule has 21 heavy (non-hydrogen) atoms. The van der Waals surface area contributed by atoms with Crippen molar-refractivity contribution in [1.29, 1.82) is 0 Å². The molecule has 2 rings (SSSR count). The van der Waals surface area contributed by atoms with Crippen LogP contribution in [0.5, 0.6) is 0 Å². The van der Waals surface area contributed by atoms with Crippen molar-refractivity contribution in [2.24, 2.45) is 0 Å². The second kappa shape index (κ2) is 6.02. The van der Waals surface area contributed by atoms with Crippen molar-refractivity contribution < 1.29 is 27.2 Å². The van der Waals surface area contributed by atoms with E-state index in [0.29, 0.717) is 0 Å². The van der Waals surface area contributed by atoms with E-state index in [1.54, 1.807) is 6.92 Å². The van der Waals surface area contributed by atoms with Gasteiger partial charge in [-0.2, -0.15) is 8.42 Å². The molecule has 1 aliphatic rings. The lowest BCUT2D eigenvalue weighted by Crippen LogP contribution is -2.44. The van der Waals surface area contributed by atoms with Crippen LogP contribution in [0.1, 0.15) is 19.4 Å². The third kappa shape index (κ3) is 4.24. The fourth-order valence-electron chi connectivity index (χ4n) is 2.40. The molecule has 1 N–H and O–H groups in total. The summed E-state index contributed by atoms with van der Waals surface area (Å²) in [5.74, 6) is -1.61. The van der Waals surface area contributed by atoms with Gasteiger partial charge in [-0.15, -0.1) is 0 Å². The summed E-state index contributed by atoms with van der Waals surface area (Å²) in [7, 11) is -3.68. The Balaban J connectivity index is 2.12. The normalized spacial score (nSPS) is 33.2. The highest BCUT2D eigenvalue weighted by Gasteiger charge is 2.52. The molecule has 1 fully saturated rings. The summed E-state index contributed by atoms with van der Waals surface area (Å²) in [5, 5.41) is 10.2. The molecular weight excluding hydrogens is 296 g/mol. The molecule has 0 amide bonds. The van der Waals surface area contributed by atoms with Crippen LogP contribution >= 0.6 is 0 Å². The van der Waals surface area contributed by atoms with Crippen molar-refractivity contribution in [3.05, 3.63) is 35.9 Å². The van der Waals surface area contributed by atoms with Crippen LogP contribution in [0, 0.1) is 0 Å². The van der Waals surface area contributed by atoms with Crippen molar-refractivity contribution in [3.8, 4) is 0 Å². The minimum atomic E-state index is -3.68. The van der Waals surface area contributed by atoms with Crippen LogP contribution in [-0.4, -0.2) is 43.9 Å². The lowest BCUT2D eigenvalue weighted by atomic mass is 10.1. The van der Waals surface area contributed by atoms with E-state index < -0.39 is 34.2 Å². The number of hydrogen-bond donors (Lipinski definition) is 1. The number of aliphatic hydroxyl groups is 1. The van der Waals surface area contributed by atoms with Crippen LogP contribution in [0.2, 0.25) is 0 Å². The summed E-state index contributed by atoms with van der Waals surface area (Å²) in [6.45, 7) is 3.29. The molecule has 0 bridgehead atoms. The molecule has 0 radical (unpaired) electrons. The van der Waals surface area contributed by atoms with Crippen molar-refractivity contribution in [2.45, 2.75) is 44.6 Å². The molecule has 1 saturated heterocycles. The average molecular weight is 316 g/mol. The second-order valence-electron chi connectivity index (χ2n) is 5.36. The first kappa shape index (κ1) is 16.4. The van der Waals surface area contributed by atoms with Crippen LogP contribution in [-0.2, 0) is 30.4 Å². The van der Waals surface area contributed by atoms with Crippen LogP contribution in [0.4, 0.5) is 0 Å². The maximum absolute atomic E-state index is 11.3. The molecule has 6 nitrogen and oxygen atoms in total. The average Bonchev–Trinajstić information content (AvgIpc) is 2.56. The van der Waals surface area contributed by atoms with E-state index in [-0.39, 0.29) is 6.61 Å². The second-order valence-corrected chi connectivity index (χ2v) is 6.96. The molecule has 1 aromatic carbocycles. The fraction of sp³-hybridized carbons (Fsp3) is 0.571. The van der Waals surface area contributed by atoms with E-state index in [4.69, 9.17) is 13.7 Å². The maximum atomic E-state index is 11.3. The van der Waals surface area contributed by atoms with Crippen LogP contribution in [0.15, 0.2) is 30.3 Å². The topological polar surface area (TPSA) is 82.1 Å². The van der Waals surface area contributed by atoms with E-state index in [0.717, 1.165) is 11.8 Å². The first-order valence-electron chi connectivity index (χ1n) is 6.63. The number of ether oxygens (including phenoxy) is 2. The zero-order valence-corrected chi connectivity index (χ0v) is 13.0. The molecule has 7 heteroatoms. The standard InChI is InChI=1S/C14H20O6S/c1-10-12(20-21(3,16)17)13(14(2,15)19-10)18-9-11-7-5-4-6-8-11/h4-8,10,12-13,15H,9H2,1-3H3/t10-,12+,13-,14+/m1/s1. The Hall–Kier alpha value is -0.990. The highest BCUT2D eigenvalue weighted by atomic mass is 32.2. The zero-order valence-electron chi connectivity index (χ0n) is 12.2. The van der Waals surface area contributed by atoms with Gasteiger partial charge in [0.15, 0.2) is 5.79 Å². The van der Waals surface area contributed by atoms with Gasteiger partial charge < -0.3 is 14.6 Å². The molecule has 118 valence electrons. The predicted molar refractivity (Wildman–Crippen MR) is 75.9 cm³/mol. The molecule has 0 aliphatic carbocycles. The van der Waals surface area contributed by atoms with E-state index in [1.807, 2.05) is 30.3 Å². The molecular formula is C14H20O6S. The van der Waals surface area contributed by atoms with Crippen molar-refractivity contribution >= 4 is 10.1 Å². The first-order chi connectivity index (χ1) is 9.69. The predicted octanol–water partition coefficient (Wildman–Crippen LogP) is 1.04. The van der Waals surface area contributed by atoms with Gasteiger partial charge in [0.1, 0.15) is 12.2 Å². The Morgan fingerprint density at radius 1 is 1.33 bits per heavy atom.